The van der Waals surface area contributed by atoms with Crippen LogP contribution in [0.5, 0.6) is 11.5 Å². The minimum absolute atomic E-state index is 0.00367. The number of sulfonamides is 1. The molecule has 10 heteroatoms. The summed E-state index contributed by atoms with van der Waals surface area (Å²) in [5.74, 6) is -3.20. The van der Waals surface area contributed by atoms with Crippen molar-refractivity contribution in [1.29, 1.82) is 0 Å². The van der Waals surface area contributed by atoms with E-state index < -0.39 is 33.1 Å². The molecular weight excluding hydrogens is 392 g/mol. The van der Waals surface area contributed by atoms with E-state index >= 15 is 0 Å². The summed E-state index contributed by atoms with van der Waals surface area (Å²) in [7, 11) is -2.25. The van der Waals surface area contributed by atoms with Crippen molar-refractivity contribution in [1.82, 2.24) is 9.55 Å². The predicted octanol–water partition coefficient (Wildman–Crippen LogP) is 3.16. The van der Waals surface area contributed by atoms with Crippen LogP contribution < -0.4 is 15.0 Å². The summed E-state index contributed by atoms with van der Waals surface area (Å²) in [5.41, 5.74) is -0.377. The zero-order valence-corrected chi connectivity index (χ0v) is 15.9. The van der Waals surface area contributed by atoms with E-state index in [1.54, 1.807) is 6.92 Å². The summed E-state index contributed by atoms with van der Waals surface area (Å²) in [6.45, 7) is 1.66. The van der Waals surface area contributed by atoms with Gasteiger partial charge in [-0.15, -0.1) is 0 Å². The predicted molar refractivity (Wildman–Crippen MR) is 101 cm³/mol. The molecule has 0 aliphatic heterocycles. The maximum atomic E-state index is 14.7. The van der Waals surface area contributed by atoms with E-state index in [4.69, 9.17) is 4.74 Å². The molecule has 0 unspecified atom stereocenters. The summed E-state index contributed by atoms with van der Waals surface area (Å²) in [6.07, 6.45) is 1.69. The van der Waals surface area contributed by atoms with Crippen molar-refractivity contribution in [3.8, 4) is 11.5 Å². The van der Waals surface area contributed by atoms with Crippen LogP contribution >= 0.6 is 0 Å². The van der Waals surface area contributed by atoms with Crippen molar-refractivity contribution in [2.45, 2.75) is 13.3 Å². The average Bonchev–Trinajstić information content (AvgIpc) is 2.64. The number of halogens is 2. The Morgan fingerprint density at radius 3 is 2.68 bits per heavy atom. The fourth-order valence-corrected chi connectivity index (χ4v) is 3.70. The average molecular weight is 409 g/mol. The summed E-state index contributed by atoms with van der Waals surface area (Å²) < 4.78 is 61.2. The van der Waals surface area contributed by atoms with Gasteiger partial charge in [-0.1, -0.05) is 6.92 Å². The van der Waals surface area contributed by atoms with Gasteiger partial charge in [0.15, 0.2) is 11.6 Å². The molecule has 28 heavy (non-hydrogen) atoms. The number of benzene rings is 2. The molecule has 0 amide bonds. The molecule has 0 aliphatic carbocycles. The van der Waals surface area contributed by atoms with Crippen LogP contribution in [0.15, 0.2) is 41.5 Å². The number of nitrogens with zero attached hydrogens (tertiary/aromatic N) is 2. The number of anilines is 1. The molecule has 0 radical (unpaired) electrons. The van der Waals surface area contributed by atoms with Crippen LogP contribution in [0.4, 0.5) is 14.5 Å². The SMILES string of the molecule is CCCS(=O)(=O)Nc1ccc(F)c(Oc2ccc3ncn(C)c(=O)c3c2)c1F. The lowest BCUT2D eigenvalue weighted by atomic mass is 10.2. The third kappa shape index (κ3) is 3.96. The lowest BCUT2D eigenvalue weighted by Gasteiger charge is -2.13. The molecule has 0 fully saturated rings. The molecule has 1 heterocycles. The van der Waals surface area contributed by atoms with Gasteiger partial charge in [-0.3, -0.25) is 9.52 Å². The molecule has 0 saturated carbocycles. The van der Waals surface area contributed by atoms with E-state index in [0.29, 0.717) is 11.9 Å². The highest BCUT2D eigenvalue weighted by atomic mass is 32.2. The van der Waals surface area contributed by atoms with Crippen LogP contribution in [0.25, 0.3) is 10.9 Å². The molecule has 2 aromatic carbocycles. The van der Waals surface area contributed by atoms with Crippen LogP contribution in [0.3, 0.4) is 0 Å². The Bertz CT molecular complexity index is 1210. The van der Waals surface area contributed by atoms with Crippen LogP contribution in [0, 0.1) is 11.6 Å². The first-order valence-electron chi connectivity index (χ1n) is 8.33. The largest absolute Gasteiger partial charge is 0.451 e. The third-order valence-corrected chi connectivity index (χ3v) is 5.37. The Morgan fingerprint density at radius 1 is 1.21 bits per heavy atom. The highest BCUT2D eigenvalue weighted by Gasteiger charge is 2.20. The second kappa shape index (κ2) is 7.55. The monoisotopic (exact) mass is 409 g/mol. The number of ether oxygens (including phenoxy) is 1. The van der Waals surface area contributed by atoms with Gasteiger partial charge in [0.2, 0.25) is 15.8 Å². The van der Waals surface area contributed by atoms with E-state index in [9.17, 15) is 22.0 Å². The highest BCUT2D eigenvalue weighted by Crippen LogP contribution is 2.33. The normalized spacial score (nSPS) is 11.6. The first kappa shape index (κ1) is 19.7. The van der Waals surface area contributed by atoms with Gasteiger partial charge < -0.3 is 9.30 Å². The molecule has 0 spiro atoms. The fraction of sp³-hybridized carbons (Fsp3) is 0.222. The Kier molecular flexibility index (Phi) is 5.32. The summed E-state index contributed by atoms with van der Waals surface area (Å²) in [6, 6.07) is 6.07. The topological polar surface area (TPSA) is 90.3 Å². The quantitative estimate of drug-likeness (QED) is 0.675. The fourth-order valence-electron chi connectivity index (χ4n) is 2.56. The van der Waals surface area contributed by atoms with Crippen molar-refractivity contribution in [3.63, 3.8) is 0 Å². The first-order chi connectivity index (χ1) is 13.2. The van der Waals surface area contributed by atoms with E-state index in [1.165, 1.54) is 36.1 Å². The number of hydrogen-bond donors (Lipinski definition) is 1. The molecule has 7 nitrogen and oxygen atoms in total. The molecule has 1 N–H and O–H groups in total. The van der Waals surface area contributed by atoms with Crippen molar-refractivity contribution in [3.05, 3.63) is 58.6 Å². The van der Waals surface area contributed by atoms with Crippen molar-refractivity contribution >= 4 is 26.6 Å². The maximum absolute atomic E-state index is 14.7. The third-order valence-electron chi connectivity index (χ3n) is 3.90. The summed E-state index contributed by atoms with van der Waals surface area (Å²) in [5, 5.41) is 0.211. The van der Waals surface area contributed by atoms with Gasteiger partial charge >= 0.3 is 0 Å². The molecule has 1 aromatic heterocycles. The van der Waals surface area contributed by atoms with Crippen molar-refractivity contribution in [2.24, 2.45) is 7.05 Å². The van der Waals surface area contributed by atoms with E-state index in [-0.39, 0.29) is 22.4 Å². The molecule has 0 aliphatic rings. The molecule has 3 aromatic rings. The Hall–Kier alpha value is -3.01. The van der Waals surface area contributed by atoms with Crippen LogP contribution in [-0.2, 0) is 17.1 Å². The Labute approximate surface area is 159 Å². The molecule has 148 valence electrons. The molecule has 0 bridgehead atoms. The van der Waals surface area contributed by atoms with Gasteiger partial charge in [-0.25, -0.2) is 22.2 Å². The minimum atomic E-state index is -3.77. The lowest BCUT2D eigenvalue weighted by Crippen LogP contribution is -2.17. The summed E-state index contributed by atoms with van der Waals surface area (Å²) >= 11 is 0. The minimum Gasteiger partial charge on any atom is -0.451 e. The zero-order chi connectivity index (χ0) is 20.5. The standard InChI is InChI=1S/C18H17F2N3O4S/c1-3-8-28(25,26)22-15-7-5-13(19)17(16(15)20)27-11-4-6-14-12(9-11)18(24)23(2)10-21-14/h4-7,9-10,22H,3,8H2,1-2H3. The number of rotatable bonds is 6. The number of hydrogen-bond acceptors (Lipinski definition) is 5. The maximum Gasteiger partial charge on any atom is 0.261 e. The second-order valence-electron chi connectivity index (χ2n) is 6.10. The van der Waals surface area contributed by atoms with E-state index in [2.05, 4.69) is 9.71 Å². The van der Waals surface area contributed by atoms with Crippen molar-refractivity contribution in [2.75, 3.05) is 10.5 Å². The van der Waals surface area contributed by atoms with Crippen LogP contribution in [-0.4, -0.2) is 23.7 Å². The first-order valence-corrected chi connectivity index (χ1v) is 9.99. The molecule has 3 rings (SSSR count). The Balaban J connectivity index is 2.00. The van der Waals surface area contributed by atoms with E-state index in [1.807, 2.05) is 0 Å². The highest BCUT2D eigenvalue weighted by molar-refractivity contribution is 7.92. The van der Waals surface area contributed by atoms with Gasteiger partial charge in [-0.2, -0.15) is 0 Å². The van der Waals surface area contributed by atoms with Crippen LogP contribution in [0.2, 0.25) is 0 Å². The number of aryl methyl sites for hydroxylation is 1. The number of nitrogens with one attached hydrogen (secondary N) is 1. The zero-order valence-electron chi connectivity index (χ0n) is 15.1. The lowest BCUT2D eigenvalue weighted by molar-refractivity contribution is 0.409. The molecule has 0 saturated heterocycles. The van der Waals surface area contributed by atoms with Gasteiger partial charge in [0.1, 0.15) is 5.75 Å². The van der Waals surface area contributed by atoms with Crippen LogP contribution in [0.1, 0.15) is 13.3 Å². The van der Waals surface area contributed by atoms with E-state index in [0.717, 1.165) is 12.1 Å². The van der Waals surface area contributed by atoms with Crippen molar-refractivity contribution < 1.29 is 21.9 Å². The Morgan fingerprint density at radius 2 is 1.96 bits per heavy atom. The van der Waals surface area contributed by atoms with Gasteiger partial charge in [-0.05, 0) is 36.8 Å². The number of fused-ring (bicyclic) bond motifs is 1. The number of aromatic nitrogens is 2. The molecular formula is C18H17F2N3O4S. The van der Waals surface area contributed by atoms with Gasteiger partial charge in [0, 0.05) is 7.05 Å². The summed E-state index contributed by atoms with van der Waals surface area (Å²) in [4.78, 5) is 16.3. The molecule has 0 atom stereocenters. The smallest absolute Gasteiger partial charge is 0.261 e. The van der Waals surface area contributed by atoms with Gasteiger partial charge in [0.05, 0.1) is 28.7 Å². The van der Waals surface area contributed by atoms with Gasteiger partial charge in [0.25, 0.3) is 5.56 Å². The second-order valence-corrected chi connectivity index (χ2v) is 7.94.